The largest absolute Gasteiger partial charge is 0.435 e. The summed E-state index contributed by atoms with van der Waals surface area (Å²) >= 11 is 1.52. The molecule has 3 aromatic rings. The fourth-order valence-corrected chi connectivity index (χ4v) is 3.12. The topological polar surface area (TPSA) is 67.8 Å². The molecular formula is C18H15F3N4OS. The third kappa shape index (κ3) is 4.48. The Bertz CT molecular complexity index is 954. The summed E-state index contributed by atoms with van der Waals surface area (Å²) in [4.78, 5) is 17.9. The van der Waals surface area contributed by atoms with Gasteiger partial charge in [-0.05, 0) is 38.1 Å². The molecule has 0 fully saturated rings. The van der Waals surface area contributed by atoms with Gasteiger partial charge in [0.05, 0.1) is 11.7 Å². The molecule has 0 radical (unpaired) electrons. The van der Waals surface area contributed by atoms with Gasteiger partial charge in [-0.15, -0.1) is 16.4 Å². The molecule has 0 aliphatic heterocycles. The summed E-state index contributed by atoms with van der Waals surface area (Å²) in [7, 11) is 0. The van der Waals surface area contributed by atoms with Crippen molar-refractivity contribution in [3.63, 3.8) is 0 Å². The van der Waals surface area contributed by atoms with Crippen molar-refractivity contribution in [1.29, 1.82) is 0 Å². The van der Waals surface area contributed by atoms with Crippen LogP contribution in [0.2, 0.25) is 0 Å². The van der Waals surface area contributed by atoms with Crippen LogP contribution < -0.4 is 5.32 Å². The molecule has 0 saturated carbocycles. The number of aromatic nitrogens is 3. The van der Waals surface area contributed by atoms with E-state index >= 15 is 0 Å². The smallest absolute Gasteiger partial charge is 0.344 e. The highest BCUT2D eigenvalue weighted by atomic mass is 32.1. The highest BCUT2D eigenvalue weighted by Crippen LogP contribution is 2.27. The van der Waals surface area contributed by atoms with Gasteiger partial charge in [0.15, 0.2) is 5.69 Å². The van der Waals surface area contributed by atoms with E-state index in [2.05, 4.69) is 20.5 Å². The third-order valence-electron chi connectivity index (χ3n) is 3.76. The maximum atomic E-state index is 12.6. The quantitative estimate of drug-likeness (QED) is 0.714. The van der Waals surface area contributed by atoms with Crippen LogP contribution in [-0.2, 0) is 6.18 Å². The van der Waals surface area contributed by atoms with Gasteiger partial charge in [-0.25, -0.2) is 4.98 Å². The first-order valence-electron chi connectivity index (χ1n) is 7.98. The summed E-state index contributed by atoms with van der Waals surface area (Å²) in [6, 6.07) is 8.44. The average Bonchev–Trinajstić information content (AvgIpc) is 3.07. The molecule has 0 aliphatic rings. The Hall–Kier alpha value is -2.81. The number of alkyl halides is 3. The fourth-order valence-electron chi connectivity index (χ4n) is 2.36. The number of amides is 1. The van der Waals surface area contributed by atoms with Crippen LogP contribution >= 0.6 is 11.3 Å². The summed E-state index contributed by atoms with van der Waals surface area (Å²) in [5.74, 6) is -0.362. The Kier molecular flexibility index (Phi) is 5.22. The van der Waals surface area contributed by atoms with Crippen LogP contribution in [-0.4, -0.2) is 21.1 Å². The van der Waals surface area contributed by atoms with Gasteiger partial charge in [0.2, 0.25) is 0 Å². The van der Waals surface area contributed by atoms with E-state index in [0.29, 0.717) is 5.56 Å². The SMILES string of the molecule is Cc1cnc(-c2cccc(C(=O)N[C@H](C)c3ccc(C(F)(F)F)nn3)c2)s1. The molecule has 0 saturated heterocycles. The maximum absolute atomic E-state index is 12.6. The average molecular weight is 392 g/mol. The Labute approximate surface area is 157 Å². The molecule has 3 rings (SSSR count). The van der Waals surface area contributed by atoms with Crippen molar-refractivity contribution >= 4 is 17.2 Å². The van der Waals surface area contributed by atoms with Gasteiger partial charge in [-0.2, -0.15) is 18.3 Å². The Morgan fingerprint density at radius 3 is 2.56 bits per heavy atom. The van der Waals surface area contributed by atoms with Crippen LogP contribution in [0.5, 0.6) is 0 Å². The Balaban J connectivity index is 1.73. The number of hydrogen-bond donors (Lipinski definition) is 1. The van der Waals surface area contributed by atoms with Crippen LogP contribution in [0.25, 0.3) is 10.6 Å². The van der Waals surface area contributed by atoms with Gasteiger partial charge >= 0.3 is 6.18 Å². The monoisotopic (exact) mass is 392 g/mol. The van der Waals surface area contributed by atoms with E-state index in [1.54, 1.807) is 31.3 Å². The molecule has 0 spiro atoms. The first kappa shape index (κ1) is 19.0. The summed E-state index contributed by atoms with van der Waals surface area (Å²) < 4.78 is 37.7. The van der Waals surface area contributed by atoms with Crippen molar-refractivity contribution in [3.05, 3.63) is 64.4 Å². The van der Waals surface area contributed by atoms with E-state index < -0.39 is 17.9 Å². The molecule has 1 atom stereocenters. The van der Waals surface area contributed by atoms with E-state index in [1.807, 2.05) is 13.0 Å². The fraction of sp³-hybridized carbons (Fsp3) is 0.222. The number of hydrogen-bond acceptors (Lipinski definition) is 5. The highest BCUT2D eigenvalue weighted by molar-refractivity contribution is 7.14. The molecule has 2 aromatic heterocycles. The second kappa shape index (κ2) is 7.43. The van der Waals surface area contributed by atoms with Crippen LogP contribution in [0.1, 0.15) is 39.6 Å². The van der Waals surface area contributed by atoms with Crippen molar-refractivity contribution in [2.45, 2.75) is 26.1 Å². The van der Waals surface area contributed by atoms with Crippen molar-refractivity contribution < 1.29 is 18.0 Å². The lowest BCUT2D eigenvalue weighted by atomic mass is 10.1. The summed E-state index contributed by atoms with van der Waals surface area (Å²) in [6.07, 6.45) is -2.79. The second-order valence-electron chi connectivity index (χ2n) is 5.89. The molecule has 9 heteroatoms. The Morgan fingerprint density at radius 1 is 1.19 bits per heavy atom. The van der Waals surface area contributed by atoms with Crippen LogP contribution in [0.3, 0.4) is 0 Å². The second-order valence-corrected chi connectivity index (χ2v) is 7.13. The first-order chi connectivity index (χ1) is 12.7. The Morgan fingerprint density at radius 2 is 1.96 bits per heavy atom. The maximum Gasteiger partial charge on any atom is 0.435 e. The lowest BCUT2D eigenvalue weighted by molar-refractivity contribution is -0.141. The van der Waals surface area contributed by atoms with Crippen LogP contribution in [0, 0.1) is 6.92 Å². The number of halogens is 3. The van der Waals surface area contributed by atoms with Crippen LogP contribution in [0.15, 0.2) is 42.6 Å². The minimum absolute atomic E-state index is 0.239. The van der Waals surface area contributed by atoms with Crippen molar-refractivity contribution in [2.24, 2.45) is 0 Å². The summed E-state index contributed by atoms with van der Waals surface area (Å²) in [5, 5.41) is 10.3. The molecule has 5 nitrogen and oxygen atoms in total. The number of aryl methyl sites for hydroxylation is 1. The predicted molar refractivity (Wildman–Crippen MR) is 95.2 cm³/mol. The molecule has 140 valence electrons. The number of nitrogens with one attached hydrogen (secondary N) is 1. The van der Waals surface area contributed by atoms with Gasteiger partial charge < -0.3 is 5.32 Å². The van der Waals surface area contributed by atoms with E-state index in [1.165, 1.54) is 17.4 Å². The summed E-state index contributed by atoms with van der Waals surface area (Å²) in [6.45, 7) is 3.58. The van der Waals surface area contributed by atoms with Gasteiger partial charge in [-0.3, -0.25) is 4.79 Å². The number of benzene rings is 1. The number of thiazole rings is 1. The lowest BCUT2D eigenvalue weighted by Gasteiger charge is -2.14. The van der Waals surface area contributed by atoms with E-state index in [4.69, 9.17) is 0 Å². The van der Waals surface area contributed by atoms with Crippen molar-refractivity contribution in [2.75, 3.05) is 0 Å². The molecule has 0 aliphatic carbocycles. The van der Waals surface area contributed by atoms with Crippen molar-refractivity contribution in [3.8, 4) is 10.6 Å². The van der Waals surface area contributed by atoms with Crippen LogP contribution in [0.4, 0.5) is 13.2 Å². The molecule has 0 unspecified atom stereocenters. The molecule has 0 bridgehead atoms. The summed E-state index contributed by atoms with van der Waals surface area (Å²) in [5.41, 5.74) is 0.411. The number of carbonyl (C=O) groups excluding carboxylic acids is 1. The van der Waals surface area contributed by atoms with Gasteiger partial charge in [0.1, 0.15) is 5.01 Å². The zero-order chi connectivity index (χ0) is 19.6. The van der Waals surface area contributed by atoms with Gasteiger partial charge in [0, 0.05) is 22.2 Å². The predicted octanol–water partition coefficient (Wildman–Crippen LogP) is 4.42. The van der Waals surface area contributed by atoms with E-state index in [9.17, 15) is 18.0 Å². The minimum atomic E-state index is -4.55. The highest BCUT2D eigenvalue weighted by Gasteiger charge is 2.33. The van der Waals surface area contributed by atoms with Crippen molar-refractivity contribution in [1.82, 2.24) is 20.5 Å². The van der Waals surface area contributed by atoms with E-state index in [0.717, 1.165) is 21.5 Å². The zero-order valence-corrected chi connectivity index (χ0v) is 15.2. The van der Waals surface area contributed by atoms with Gasteiger partial charge in [0.25, 0.3) is 5.91 Å². The first-order valence-corrected chi connectivity index (χ1v) is 8.80. The minimum Gasteiger partial charge on any atom is -0.344 e. The normalized spacial score (nSPS) is 12.6. The standard InChI is InChI=1S/C18H15F3N4OS/c1-10-9-22-17(27-10)13-5-3-4-12(8-13)16(26)23-11(2)14-6-7-15(25-24-14)18(19,20)21/h3-9,11H,1-2H3,(H,23,26)/t11-/m1/s1. The molecule has 1 N–H and O–H groups in total. The van der Waals surface area contributed by atoms with E-state index in [-0.39, 0.29) is 11.6 Å². The lowest BCUT2D eigenvalue weighted by Crippen LogP contribution is -2.27. The number of nitrogens with zero attached hydrogens (tertiary/aromatic N) is 3. The molecule has 2 heterocycles. The number of rotatable bonds is 4. The zero-order valence-electron chi connectivity index (χ0n) is 14.4. The molecular weight excluding hydrogens is 377 g/mol. The number of carbonyl (C=O) groups is 1. The molecule has 1 amide bonds. The van der Waals surface area contributed by atoms with Gasteiger partial charge in [-0.1, -0.05) is 12.1 Å². The molecule has 1 aromatic carbocycles. The molecule has 27 heavy (non-hydrogen) atoms. The third-order valence-corrected chi connectivity index (χ3v) is 4.72.